The fourth-order valence-electron chi connectivity index (χ4n) is 2.28. The predicted octanol–water partition coefficient (Wildman–Crippen LogP) is 4.71. The maximum absolute atomic E-state index is 12.0. The van der Waals surface area contributed by atoms with Gasteiger partial charge in [0.25, 0.3) is 5.91 Å². The molecule has 0 saturated carbocycles. The molecule has 25 heavy (non-hydrogen) atoms. The molecule has 5 heteroatoms. The highest BCUT2D eigenvalue weighted by Gasteiger charge is 2.14. The van der Waals surface area contributed by atoms with E-state index in [2.05, 4.69) is 29.6 Å². The minimum absolute atomic E-state index is 0.295. The van der Waals surface area contributed by atoms with Crippen molar-refractivity contribution < 1.29 is 9.53 Å². The molecule has 2 aromatic rings. The van der Waals surface area contributed by atoms with Crippen molar-refractivity contribution in [3.63, 3.8) is 0 Å². The highest BCUT2D eigenvalue weighted by Crippen LogP contribution is 2.22. The van der Waals surface area contributed by atoms with E-state index in [1.165, 1.54) is 5.56 Å². The number of hydrazone groups is 1. The van der Waals surface area contributed by atoms with Gasteiger partial charge in [-0.3, -0.25) is 4.79 Å². The zero-order valence-electron chi connectivity index (χ0n) is 14.7. The van der Waals surface area contributed by atoms with Gasteiger partial charge in [0.2, 0.25) is 0 Å². The topological polar surface area (TPSA) is 50.7 Å². The number of aryl methyl sites for hydroxylation is 1. The average molecular weight is 359 g/mol. The van der Waals surface area contributed by atoms with Crippen molar-refractivity contribution in [2.24, 2.45) is 5.10 Å². The molecule has 0 unspecified atom stereocenters. The van der Waals surface area contributed by atoms with Gasteiger partial charge in [0.1, 0.15) is 5.75 Å². The Morgan fingerprint density at radius 3 is 2.64 bits per heavy atom. The minimum Gasteiger partial charge on any atom is -0.481 e. The lowest BCUT2D eigenvalue weighted by atomic mass is 9.99. The molecule has 2 atom stereocenters. The molecule has 132 valence electrons. The minimum atomic E-state index is -0.649. The number of hydrogen-bond acceptors (Lipinski definition) is 3. The fourth-order valence-corrected chi connectivity index (χ4v) is 2.39. The zero-order valence-corrected chi connectivity index (χ0v) is 15.5. The molecule has 2 rings (SSSR count). The van der Waals surface area contributed by atoms with Gasteiger partial charge in [0.05, 0.1) is 0 Å². The van der Waals surface area contributed by atoms with Crippen LogP contribution in [0.1, 0.15) is 37.3 Å². The molecular formula is C20H23ClN2O2. The third-order valence-corrected chi connectivity index (χ3v) is 4.33. The van der Waals surface area contributed by atoms with Crippen LogP contribution in [0.4, 0.5) is 0 Å². The maximum atomic E-state index is 12.0. The predicted molar refractivity (Wildman–Crippen MR) is 102 cm³/mol. The molecule has 0 heterocycles. The number of nitrogens with zero attached hydrogens (tertiary/aromatic N) is 1. The number of amides is 1. The largest absolute Gasteiger partial charge is 0.481 e. The van der Waals surface area contributed by atoms with E-state index in [-0.39, 0.29) is 5.91 Å². The van der Waals surface area contributed by atoms with E-state index in [9.17, 15) is 4.79 Å². The van der Waals surface area contributed by atoms with Crippen molar-refractivity contribution in [2.45, 2.75) is 39.2 Å². The van der Waals surface area contributed by atoms with Gasteiger partial charge in [-0.25, -0.2) is 5.43 Å². The third-order valence-electron chi connectivity index (χ3n) is 3.91. The van der Waals surface area contributed by atoms with Crippen LogP contribution in [0.25, 0.3) is 0 Å². The number of rotatable bonds is 7. The monoisotopic (exact) mass is 358 g/mol. The first-order valence-electron chi connectivity index (χ1n) is 8.26. The maximum Gasteiger partial charge on any atom is 0.280 e. The number of hydrogen-bond donors (Lipinski definition) is 1. The second kappa shape index (κ2) is 9.23. The van der Waals surface area contributed by atoms with E-state index in [1.54, 1.807) is 31.3 Å². The first kappa shape index (κ1) is 19.0. The average Bonchev–Trinajstić information content (AvgIpc) is 2.62. The first-order chi connectivity index (χ1) is 12.0. The summed E-state index contributed by atoms with van der Waals surface area (Å²) < 4.78 is 5.61. The molecule has 0 aromatic heterocycles. The van der Waals surface area contributed by atoms with Gasteiger partial charge in [-0.1, -0.05) is 48.9 Å². The number of nitrogens with one attached hydrogen (secondary N) is 1. The molecule has 0 radical (unpaired) electrons. The lowest BCUT2D eigenvalue weighted by molar-refractivity contribution is -0.127. The number of halogens is 1. The molecular weight excluding hydrogens is 336 g/mol. The second-order valence-corrected chi connectivity index (χ2v) is 6.41. The Balaban J connectivity index is 1.79. The van der Waals surface area contributed by atoms with Crippen LogP contribution in [0.5, 0.6) is 5.75 Å². The lowest BCUT2D eigenvalue weighted by Gasteiger charge is -2.14. The summed E-state index contributed by atoms with van der Waals surface area (Å²) >= 11 is 5.98. The van der Waals surface area contributed by atoms with E-state index in [0.29, 0.717) is 16.7 Å². The molecule has 0 aliphatic rings. The Kier molecular flexibility index (Phi) is 7.02. The molecule has 1 amide bonds. The summed E-state index contributed by atoms with van der Waals surface area (Å²) in [6.07, 6.45) is 1.81. The van der Waals surface area contributed by atoms with Crippen molar-refractivity contribution in [2.75, 3.05) is 0 Å². The Morgan fingerprint density at radius 1 is 1.24 bits per heavy atom. The van der Waals surface area contributed by atoms with Crippen molar-refractivity contribution in [1.29, 1.82) is 0 Å². The van der Waals surface area contributed by atoms with Crippen LogP contribution < -0.4 is 10.2 Å². The Labute approximate surface area is 153 Å². The zero-order chi connectivity index (χ0) is 18.2. The summed E-state index contributed by atoms with van der Waals surface area (Å²) in [6.45, 7) is 5.69. The Morgan fingerprint density at radius 2 is 1.96 bits per heavy atom. The number of ether oxygens (including phenoxy) is 1. The molecule has 0 saturated heterocycles. The van der Waals surface area contributed by atoms with Crippen LogP contribution in [0.2, 0.25) is 5.02 Å². The van der Waals surface area contributed by atoms with Gasteiger partial charge in [-0.2, -0.15) is 5.10 Å². The van der Waals surface area contributed by atoms with Crippen LogP contribution in [0.3, 0.4) is 0 Å². The van der Waals surface area contributed by atoms with E-state index in [1.807, 2.05) is 25.1 Å². The summed E-state index contributed by atoms with van der Waals surface area (Å²) in [6, 6.07) is 15.5. The van der Waals surface area contributed by atoms with Gasteiger partial charge in [0, 0.05) is 11.2 Å². The van der Waals surface area contributed by atoms with Crippen molar-refractivity contribution in [3.8, 4) is 5.75 Å². The summed E-state index contributed by atoms with van der Waals surface area (Å²) in [5.41, 5.74) is 4.66. The summed E-state index contributed by atoms with van der Waals surface area (Å²) in [7, 11) is 0. The van der Waals surface area contributed by atoms with Crippen LogP contribution >= 0.6 is 11.6 Å². The van der Waals surface area contributed by atoms with E-state index in [0.717, 1.165) is 12.0 Å². The summed E-state index contributed by atoms with van der Waals surface area (Å²) in [4.78, 5) is 12.0. The Bertz CT molecular complexity index is 732. The van der Waals surface area contributed by atoms with Gasteiger partial charge in [-0.15, -0.1) is 0 Å². The fraction of sp³-hybridized carbons (Fsp3) is 0.300. The van der Waals surface area contributed by atoms with Crippen LogP contribution in [0.15, 0.2) is 53.6 Å². The van der Waals surface area contributed by atoms with Crippen LogP contribution in [-0.4, -0.2) is 18.2 Å². The first-order valence-corrected chi connectivity index (χ1v) is 8.64. The Hall–Kier alpha value is -2.33. The number of carbonyl (C=O) groups is 1. The van der Waals surface area contributed by atoms with E-state index < -0.39 is 6.10 Å². The molecule has 0 bridgehead atoms. The molecule has 1 N–H and O–H groups in total. The highest BCUT2D eigenvalue weighted by molar-refractivity contribution is 6.31. The molecule has 0 fully saturated rings. The van der Waals surface area contributed by atoms with Gasteiger partial charge in [-0.05, 0) is 55.5 Å². The molecule has 0 spiro atoms. The second-order valence-electron chi connectivity index (χ2n) is 6.01. The van der Waals surface area contributed by atoms with Crippen LogP contribution in [-0.2, 0) is 4.79 Å². The lowest BCUT2D eigenvalue weighted by Crippen LogP contribution is -2.33. The van der Waals surface area contributed by atoms with Gasteiger partial charge >= 0.3 is 0 Å². The van der Waals surface area contributed by atoms with Crippen LogP contribution in [0, 0.1) is 6.92 Å². The van der Waals surface area contributed by atoms with Crippen molar-refractivity contribution in [1.82, 2.24) is 5.43 Å². The van der Waals surface area contributed by atoms with Gasteiger partial charge in [0.15, 0.2) is 6.10 Å². The number of benzene rings is 2. The SMILES string of the molecule is Cc1cc(O[C@H](C)C(=O)NN=CC[C@H](C)c2ccccc2)ccc1Cl. The molecule has 2 aromatic carbocycles. The van der Waals surface area contributed by atoms with Crippen molar-refractivity contribution >= 4 is 23.7 Å². The normalized spacial score (nSPS) is 13.4. The quantitative estimate of drug-likeness (QED) is 0.575. The van der Waals surface area contributed by atoms with E-state index in [4.69, 9.17) is 16.3 Å². The third kappa shape index (κ3) is 5.91. The van der Waals surface area contributed by atoms with Crippen molar-refractivity contribution in [3.05, 3.63) is 64.7 Å². The standard InChI is InChI=1S/C20H23ClN2O2/c1-14(17-7-5-4-6-8-17)11-12-22-23-20(24)16(3)25-18-9-10-19(21)15(2)13-18/h4-10,12-14,16H,11H2,1-3H3,(H,23,24)/t14-,16+/m0/s1. The summed E-state index contributed by atoms with van der Waals surface area (Å²) in [5, 5.41) is 4.67. The molecule has 0 aliphatic heterocycles. The number of carbonyl (C=O) groups excluding carboxylic acids is 1. The molecule has 4 nitrogen and oxygen atoms in total. The highest BCUT2D eigenvalue weighted by atomic mass is 35.5. The molecule has 0 aliphatic carbocycles. The van der Waals surface area contributed by atoms with E-state index >= 15 is 0 Å². The smallest absolute Gasteiger partial charge is 0.280 e. The van der Waals surface area contributed by atoms with Gasteiger partial charge < -0.3 is 4.74 Å². The summed E-state index contributed by atoms with van der Waals surface area (Å²) in [5.74, 6) is 0.648.